The summed E-state index contributed by atoms with van der Waals surface area (Å²) >= 11 is 0. The Morgan fingerprint density at radius 1 is 1.19 bits per heavy atom. The first-order valence-electron chi connectivity index (χ1n) is 14.1. The Morgan fingerprint density at radius 2 is 1.86 bits per heavy atom. The lowest BCUT2D eigenvalue weighted by Gasteiger charge is -2.38. The van der Waals surface area contributed by atoms with Crippen LogP contribution in [0.4, 0.5) is 4.39 Å². The Hall–Kier alpha value is -2.18. The van der Waals surface area contributed by atoms with Crippen molar-refractivity contribution in [2.45, 2.75) is 97.9 Å². The minimum atomic E-state index is -0.498. The van der Waals surface area contributed by atoms with E-state index in [4.69, 9.17) is 19.0 Å². The van der Waals surface area contributed by atoms with Crippen molar-refractivity contribution in [2.24, 2.45) is 11.8 Å². The fourth-order valence-corrected chi connectivity index (χ4v) is 4.69. The van der Waals surface area contributed by atoms with Crippen LogP contribution in [-0.4, -0.2) is 32.5 Å². The van der Waals surface area contributed by atoms with Gasteiger partial charge in [0.05, 0.1) is 6.61 Å². The van der Waals surface area contributed by atoms with E-state index in [1.54, 1.807) is 13.1 Å². The minimum Gasteiger partial charge on any atom is -0.462 e. The lowest BCUT2D eigenvalue weighted by Crippen LogP contribution is -2.41. The molecule has 4 rings (SSSR count). The van der Waals surface area contributed by atoms with Crippen molar-refractivity contribution in [1.29, 1.82) is 0 Å². The zero-order valence-corrected chi connectivity index (χ0v) is 23.6. The summed E-state index contributed by atoms with van der Waals surface area (Å²) in [6, 6.07) is 6.12. The van der Waals surface area contributed by atoms with E-state index in [0.29, 0.717) is 32.7 Å². The highest BCUT2D eigenvalue weighted by Gasteiger charge is 2.36. The van der Waals surface area contributed by atoms with Gasteiger partial charge in [0, 0.05) is 44.6 Å². The van der Waals surface area contributed by atoms with Gasteiger partial charge >= 0.3 is 0 Å². The number of fused-ring (bicyclic) bond motifs is 1. The number of benzene rings is 1. The van der Waals surface area contributed by atoms with Crippen LogP contribution in [0.15, 0.2) is 36.2 Å². The molecule has 1 aromatic rings. The van der Waals surface area contributed by atoms with Crippen molar-refractivity contribution in [2.75, 3.05) is 20.3 Å². The van der Waals surface area contributed by atoms with Gasteiger partial charge in [-0.1, -0.05) is 52.2 Å². The average Bonchev–Trinajstić information content (AvgIpc) is 2.89. The average molecular weight is 518 g/mol. The second kappa shape index (κ2) is 16.6. The van der Waals surface area contributed by atoms with Gasteiger partial charge in [0.15, 0.2) is 0 Å². The number of amides is 1. The molecule has 0 radical (unpaired) electrons. The van der Waals surface area contributed by atoms with Crippen LogP contribution >= 0.6 is 0 Å². The van der Waals surface area contributed by atoms with E-state index in [2.05, 4.69) is 38.2 Å². The summed E-state index contributed by atoms with van der Waals surface area (Å²) in [4.78, 5) is 9.06. The summed E-state index contributed by atoms with van der Waals surface area (Å²) in [6.45, 7) is 10.4. The highest BCUT2D eigenvalue weighted by molar-refractivity contribution is 5.76. The summed E-state index contributed by atoms with van der Waals surface area (Å²) in [5.41, 5.74) is 2.99. The first-order chi connectivity index (χ1) is 17.9. The maximum Gasteiger partial charge on any atom is 0.210 e. The lowest BCUT2D eigenvalue weighted by atomic mass is 9.88. The van der Waals surface area contributed by atoms with Crippen LogP contribution in [0.5, 0.6) is 5.75 Å². The Bertz CT molecular complexity index is 872. The molecule has 37 heavy (non-hydrogen) atoms. The predicted molar refractivity (Wildman–Crippen MR) is 149 cm³/mol. The molecule has 1 fully saturated rings. The van der Waals surface area contributed by atoms with E-state index in [1.165, 1.54) is 19.3 Å². The monoisotopic (exact) mass is 517 g/mol. The van der Waals surface area contributed by atoms with Crippen LogP contribution in [0.3, 0.4) is 0 Å². The third-order valence-corrected chi connectivity index (χ3v) is 7.07. The van der Waals surface area contributed by atoms with Crippen molar-refractivity contribution in [1.82, 2.24) is 5.32 Å². The summed E-state index contributed by atoms with van der Waals surface area (Å²) in [5, 5.41) is 2.25. The van der Waals surface area contributed by atoms with E-state index < -0.39 is 5.79 Å². The first kappa shape index (κ1) is 31.0. The maximum absolute atomic E-state index is 14.5. The third-order valence-electron chi connectivity index (χ3n) is 7.07. The Kier molecular flexibility index (Phi) is 13.9. The number of halogens is 1. The van der Waals surface area contributed by atoms with E-state index in [-0.39, 0.29) is 11.7 Å². The Morgan fingerprint density at radius 3 is 2.38 bits per heavy atom. The van der Waals surface area contributed by atoms with Gasteiger partial charge in [-0.05, 0) is 67.9 Å². The van der Waals surface area contributed by atoms with Crippen LogP contribution in [0.2, 0.25) is 0 Å². The van der Waals surface area contributed by atoms with Crippen LogP contribution < -0.4 is 10.1 Å². The summed E-state index contributed by atoms with van der Waals surface area (Å²) in [5.74, 6) is 1.35. The van der Waals surface area contributed by atoms with Gasteiger partial charge in [-0.3, -0.25) is 4.79 Å². The van der Waals surface area contributed by atoms with Crippen molar-refractivity contribution in [3.05, 3.63) is 47.3 Å². The van der Waals surface area contributed by atoms with Gasteiger partial charge in [-0.2, -0.15) is 0 Å². The lowest BCUT2D eigenvalue weighted by molar-refractivity contribution is -0.214. The zero-order valence-electron chi connectivity index (χ0n) is 23.6. The molecule has 0 saturated heterocycles. The second-order valence-corrected chi connectivity index (χ2v) is 10.2. The molecule has 1 atom stereocenters. The van der Waals surface area contributed by atoms with E-state index in [0.717, 1.165) is 60.5 Å². The van der Waals surface area contributed by atoms with Gasteiger partial charge in [0.2, 0.25) is 12.2 Å². The maximum atomic E-state index is 14.5. The molecule has 1 aromatic carbocycles. The van der Waals surface area contributed by atoms with Gasteiger partial charge in [-0.25, -0.2) is 4.39 Å². The van der Waals surface area contributed by atoms with Gasteiger partial charge in [0.1, 0.15) is 11.6 Å². The number of allylic oxidation sites excluding steroid dienone is 4. The number of hydrogen-bond donors (Lipinski definition) is 1. The largest absolute Gasteiger partial charge is 0.462 e. The summed E-state index contributed by atoms with van der Waals surface area (Å²) in [6.07, 6.45) is 14.2. The summed E-state index contributed by atoms with van der Waals surface area (Å²) in [7, 11) is 1.56. The molecule has 0 aromatic heterocycles. The molecule has 1 unspecified atom stereocenters. The molecule has 208 valence electrons. The molecule has 1 N–H and O–H groups in total. The Balaban J connectivity index is 0.000000454. The van der Waals surface area contributed by atoms with E-state index in [1.807, 2.05) is 19.1 Å². The quantitative estimate of drug-likeness (QED) is 0.255. The SMILES string of the molecule is CC1CCC1.CCCC1(CCC)OCc2cc(C3=CCC(CCOCC)C(F)=C3)ccc2O1.CNC=O. The van der Waals surface area contributed by atoms with Crippen molar-refractivity contribution < 1.29 is 23.4 Å². The van der Waals surface area contributed by atoms with Gasteiger partial charge < -0.3 is 19.5 Å². The molecule has 2 aliphatic carbocycles. The Labute approximate surface area is 223 Å². The second-order valence-electron chi connectivity index (χ2n) is 10.2. The molecule has 1 heterocycles. The molecule has 1 saturated carbocycles. The normalized spacial score (nSPS) is 19.8. The first-order valence-corrected chi connectivity index (χ1v) is 14.1. The molecule has 0 bridgehead atoms. The molecule has 6 heteroatoms. The molecule has 1 aliphatic heterocycles. The molecule has 5 nitrogen and oxygen atoms in total. The third kappa shape index (κ3) is 9.90. The predicted octanol–water partition coefficient (Wildman–Crippen LogP) is 7.74. The van der Waals surface area contributed by atoms with Crippen LogP contribution in [-0.2, 0) is 20.9 Å². The van der Waals surface area contributed by atoms with Gasteiger partial charge in [0.25, 0.3) is 0 Å². The number of carbonyl (C=O) groups excluding carboxylic acids is 1. The van der Waals surface area contributed by atoms with Crippen molar-refractivity contribution in [3.8, 4) is 5.75 Å². The fourth-order valence-electron chi connectivity index (χ4n) is 4.69. The smallest absolute Gasteiger partial charge is 0.210 e. The molecule has 1 amide bonds. The molecule has 3 aliphatic rings. The molecule has 0 spiro atoms. The zero-order chi connectivity index (χ0) is 27.1. The number of carbonyl (C=O) groups is 1. The minimum absolute atomic E-state index is 0.0488. The van der Waals surface area contributed by atoms with E-state index in [9.17, 15) is 4.39 Å². The fraction of sp³-hybridized carbons (Fsp3) is 0.645. The number of rotatable bonds is 10. The molecular weight excluding hydrogens is 469 g/mol. The van der Waals surface area contributed by atoms with Gasteiger partial charge in [-0.15, -0.1) is 0 Å². The molecular formula is C31H48FNO4. The summed E-state index contributed by atoms with van der Waals surface area (Å²) < 4.78 is 32.4. The number of nitrogens with one attached hydrogen (secondary N) is 1. The van der Waals surface area contributed by atoms with Crippen LogP contribution in [0.1, 0.15) is 96.6 Å². The standard InChI is InChI=1S/C24H33FO3.C5H10.C2H5NO/c1-4-12-24(13-5-2)27-17-21-15-19(9-10-23(21)28-24)20-8-7-18(22(25)16-20)11-14-26-6-3;1-5-3-2-4-5;1-3-2-4/h8-10,15-16,18H,4-7,11-14,17H2,1-3H3;5H,2-4H2,1H3;2H,1H3,(H,3,4). The van der Waals surface area contributed by atoms with Crippen LogP contribution in [0, 0.1) is 11.8 Å². The van der Waals surface area contributed by atoms with Crippen molar-refractivity contribution in [3.63, 3.8) is 0 Å². The topological polar surface area (TPSA) is 56.8 Å². The van der Waals surface area contributed by atoms with Crippen LogP contribution in [0.25, 0.3) is 5.57 Å². The number of ether oxygens (including phenoxy) is 3. The van der Waals surface area contributed by atoms with E-state index >= 15 is 0 Å². The highest BCUT2D eigenvalue weighted by Crippen LogP contribution is 2.39. The number of hydrogen-bond acceptors (Lipinski definition) is 4. The highest BCUT2D eigenvalue weighted by atomic mass is 19.1. The van der Waals surface area contributed by atoms with Crippen molar-refractivity contribution >= 4 is 12.0 Å².